The first-order valence-corrected chi connectivity index (χ1v) is 8.98. The van der Waals surface area contributed by atoms with E-state index in [2.05, 4.69) is 20.3 Å². The van der Waals surface area contributed by atoms with Crippen LogP contribution in [0.3, 0.4) is 0 Å². The number of anilines is 2. The van der Waals surface area contributed by atoms with E-state index >= 15 is 0 Å². The molecule has 1 saturated heterocycles. The molecule has 0 radical (unpaired) electrons. The van der Waals surface area contributed by atoms with E-state index in [0.717, 1.165) is 13.0 Å². The van der Waals surface area contributed by atoms with E-state index in [9.17, 15) is 8.42 Å². The van der Waals surface area contributed by atoms with Gasteiger partial charge in [0.1, 0.15) is 0 Å². The largest absolute Gasteiger partial charge is 0.354 e. The highest BCUT2D eigenvalue weighted by atomic mass is 35.5. The Morgan fingerprint density at radius 2 is 1.86 bits per heavy atom. The van der Waals surface area contributed by atoms with Crippen molar-refractivity contribution in [3.05, 3.63) is 5.28 Å². The van der Waals surface area contributed by atoms with Crippen molar-refractivity contribution in [2.45, 2.75) is 13.3 Å². The molecule has 0 aromatic carbocycles. The van der Waals surface area contributed by atoms with Gasteiger partial charge >= 0.3 is 0 Å². The molecule has 118 valence electrons. The predicted octanol–water partition coefficient (Wildman–Crippen LogP) is 0.428. The minimum absolute atomic E-state index is 0.129. The Bertz CT molecular complexity index is 588. The van der Waals surface area contributed by atoms with Crippen molar-refractivity contribution in [2.75, 3.05) is 49.2 Å². The summed E-state index contributed by atoms with van der Waals surface area (Å²) in [5.41, 5.74) is 0. The first-order chi connectivity index (χ1) is 9.90. The van der Waals surface area contributed by atoms with E-state index in [0.29, 0.717) is 38.1 Å². The Morgan fingerprint density at radius 3 is 2.43 bits per heavy atom. The summed E-state index contributed by atoms with van der Waals surface area (Å²) in [4.78, 5) is 14.4. The predicted molar refractivity (Wildman–Crippen MR) is 82.2 cm³/mol. The molecule has 0 aliphatic carbocycles. The standard InChI is InChI=1S/C11H19ClN6O2S/c1-3-4-13-10-14-9(12)15-11(16-10)17-5-7-18(8-6-17)21(2,19)20/h3-8H2,1-2H3,(H,13,14,15,16). The first kappa shape index (κ1) is 16.2. The molecule has 1 aromatic heterocycles. The second-order valence-corrected chi connectivity index (χ2v) is 7.12. The molecule has 1 aliphatic rings. The van der Waals surface area contributed by atoms with Gasteiger partial charge in [-0.1, -0.05) is 6.92 Å². The Kier molecular flexibility index (Phi) is 5.17. The smallest absolute Gasteiger partial charge is 0.231 e. The van der Waals surface area contributed by atoms with Gasteiger partial charge in [-0.15, -0.1) is 0 Å². The van der Waals surface area contributed by atoms with Crippen molar-refractivity contribution in [3.63, 3.8) is 0 Å². The van der Waals surface area contributed by atoms with Gasteiger partial charge in [-0.2, -0.15) is 19.3 Å². The topological polar surface area (TPSA) is 91.3 Å². The van der Waals surface area contributed by atoms with Crippen molar-refractivity contribution >= 4 is 33.5 Å². The van der Waals surface area contributed by atoms with Crippen molar-refractivity contribution in [2.24, 2.45) is 0 Å². The van der Waals surface area contributed by atoms with E-state index in [-0.39, 0.29) is 5.28 Å². The normalized spacial score (nSPS) is 17.0. The molecule has 0 spiro atoms. The molecule has 21 heavy (non-hydrogen) atoms. The lowest BCUT2D eigenvalue weighted by Crippen LogP contribution is -2.48. The summed E-state index contributed by atoms with van der Waals surface area (Å²) in [5.74, 6) is 0.916. The number of nitrogens with zero attached hydrogens (tertiary/aromatic N) is 5. The SMILES string of the molecule is CCCNc1nc(Cl)nc(N2CCN(S(C)(=O)=O)CC2)n1. The van der Waals surface area contributed by atoms with Crippen LogP contribution in [0.5, 0.6) is 0 Å². The number of piperazine rings is 1. The van der Waals surface area contributed by atoms with E-state index in [1.165, 1.54) is 10.6 Å². The van der Waals surface area contributed by atoms with Crippen LogP contribution in [0.4, 0.5) is 11.9 Å². The third kappa shape index (κ3) is 4.39. The van der Waals surface area contributed by atoms with Gasteiger partial charge in [0.25, 0.3) is 0 Å². The highest BCUT2D eigenvalue weighted by molar-refractivity contribution is 7.88. The van der Waals surface area contributed by atoms with Crippen LogP contribution < -0.4 is 10.2 Å². The summed E-state index contributed by atoms with van der Waals surface area (Å²) in [7, 11) is -3.14. The molecule has 1 N–H and O–H groups in total. The Balaban J connectivity index is 2.07. The third-order valence-electron chi connectivity index (χ3n) is 3.12. The molecular weight excluding hydrogens is 316 g/mol. The van der Waals surface area contributed by atoms with Crippen LogP contribution in [0.1, 0.15) is 13.3 Å². The monoisotopic (exact) mass is 334 g/mol. The Hall–Kier alpha value is -1.19. The lowest BCUT2D eigenvalue weighted by molar-refractivity contribution is 0.385. The van der Waals surface area contributed by atoms with Crippen LogP contribution in [-0.2, 0) is 10.0 Å². The summed E-state index contributed by atoms with van der Waals surface area (Å²) in [5, 5.41) is 3.20. The van der Waals surface area contributed by atoms with Gasteiger partial charge in [0.2, 0.25) is 27.2 Å². The lowest BCUT2D eigenvalue weighted by Gasteiger charge is -2.33. The maximum atomic E-state index is 11.5. The van der Waals surface area contributed by atoms with Crippen LogP contribution in [0, 0.1) is 0 Å². The molecule has 0 amide bonds. The number of nitrogens with one attached hydrogen (secondary N) is 1. The second-order valence-electron chi connectivity index (χ2n) is 4.80. The van der Waals surface area contributed by atoms with Crippen LogP contribution in [-0.4, -0.2) is 66.7 Å². The zero-order valence-corrected chi connectivity index (χ0v) is 13.7. The number of hydrogen-bond donors (Lipinski definition) is 1. The molecule has 1 fully saturated rings. The molecule has 0 atom stereocenters. The minimum Gasteiger partial charge on any atom is -0.354 e. The van der Waals surface area contributed by atoms with Crippen LogP contribution in [0.15, 0.2) is 0 Å². The van der Waals surface area contributed by atoms with E-state index in [1.54, 1.807) is 0 Å². The molecule has 1 aromatic rings. The molecular formula is C11H19ClN6O2S. The van der Waals surface area contributed by atoms with Crippen molar-refractivity contribution in [3.8, 4) is 0 Å². The average molecular weight is 335 g/mol. The molecule has 10 heteroatoms. The zero-order valence-electron chi connectivity index (χ0n) is 12.1. The fourth-order valence-electron chi connectivity index (χ4n) is 2.02. The Labute approximate surface area is 129 Å². The van der Waals surface area contributed by atoms with Gasteiger partial charge in [-0.25, -0.2) is 8.42 Å². The van der Waals surface area contributed by atoms with E-state index < -0.39 is 10.0 Å². The van der Waals surface area contributed by atoms with Crippen LogP contribution in [0.25, 0.3) is 0 Å². The second kappa shape index (κ2) is 6.71. The maximum absolute atomic E-state index is 11.5. The van der Waals surface area contributed by atoms with Crippen LogP contribution in [0.2, 0.25) is 5.28 Å². The number of sulfonamides is 1. The van der Waals surface area contributed by atoms with Crippen molar-refractivity contribution in [1.82, 2.24) is 19.3 Å². The quantitative estimate of drug-likeness (QED) is 0.834. The summed E-state index contributed by atoms with van der Waals surface area (Å²) in [6, 6.07) is 0. The molecule has 0 unspecified atom stereocenters. The maximum Gasteiger partial charge on any atom is 0.231 e. The molecule has 0 bridgehead atoms. The van der Waals surface area contributed by atoms with Crippen molar-refractivity contribution < 1.29 is 8.42 Å². The third-order valence-corrected chi connectivity index (χ3v) is 4.59. The summed E-state index contributed by atoms with van der Waals surface area (Å²) in [6.45, 7) is 4.68. The first-order valence-electron chi connectivity index (χ1n) is 6.75. The molecule has 0 saturated carbocycles. The summed E-state index contributed by atoms with van der Waals surface area (Å²) in [6.07, 6.45) is 2.17. The molecule has 2 rings (SSSR count). The van der Waals surface area contributed by atoms with Gasteiger partial charge in [0, 0.05) is 32.7 Å². The molecule has 1 aliphatic heterocycles. The average Bonchev–Trinajstić information content (AvgIpc) is 2.44. The minimum atomic E-state index is -3.14. The van der Waals surface area contributed by atoms with Gasteiger partial charge < -0.3 is 10.2 Å². The number of halogens is 1. The molecule has 8 nitrogen and oxygen atoms in total. The fraction of sp³-hybridized carbons (Fsp3) is 0.727. The zero-order chi connectivity index (χ0) is 15.5. The number of aromatic nitrogens is 3. The highest BCUT2D eigenvalue weighted by Gasteiger charge is 2.25. The molecule has 2 heterocycles. The number of hydrogen-bond acceptors (Lipinski definition) is 7. The van der Waals surface area contributed by atoms with Crippen molar-refractivity contribution in [1.29, 1.82) is 0 Å². The van der Waals surface area contributed by atoms with Gasteiger partial charge in [0.15, 0.2) is 0 Å². The van der Waals surface area contributed by atoms with Gasteiger partial charge in [0.05, 0.1) is 6.26 Å². The van der Waals surface area contributed by atoms with Gasteiger partial charge in [-0.3, -0.25) is 0 Å². The summed E-state index contributed by atoms with van der Waals surface area (Å²) >= 11 is 5.91. The summed E-state index contributed by atoms with van der Waals surface area (Å²) < 4.78 is 24.4. The number of rotatable bonds is 5. The van der Waals surface area contributed by atoms with E-state index in [4.69, 9.17) is 11.6 Å². The van der Waals surface area contributed by atoms with Gasteiger partial charge in [-0.05, 0) is 18.0 Å². The van der Waals surface area contributed by atoms with E-state index in [1.807, 2.05) is 11.8 Å². The lowest BCUT2D eigenvalue weighted by atomic mass is 10.4. The Morgan fingerprint density at radius 1 is 1.19 bits per heavy atom. The van der Waals surface area contributed by atoms with Crippen LogP contribution >= 0.6 is 11.6 Å². The fourth-order valence-corrected chi connectivity index (χ4v) is 3.00. The highest BCUT2D eigenvalue weighted by Crippen LogP contribution is 2.16.